The molecule has 2 heteroatoms. The van der Waals surface area contributed by atoms with Gasteiger partial charge in [0.15, 0.2) is 0 Å². The Morgan fingerprint density at radius 3 is 3.10 bits per heavy atom. The molecule has 1 nitrogen and oxygen atoms in total. The highest BCUT2D eigenvalue weighted by Gasteiger charge is 2.12. The molecular weight excluding hydrogens is 142 g/mol. The molecule has 1 heterocycles. The summed E-state index contributed by atoms with van der Waals surface area (Å²) in [5.41, 5.74) is 0. The van der Waals surface area contributed by atoms with Gasteiger partial charge < -0.3 is 5.32 Å². The molecule has 0 radical (unpaired) electrons. The van der Waals surface area contributed by atoms with Gasteiger partial charge in [-0.05, 0) is 12.8 Å². The van der Waals surface area contributed by atoms with Crippen LogP contribution in [0.4, 0.5) is 0 Å². The van der Waals surface area contributed by atoms with Crippen molar-refractivity contribution in [3.8, 4) is 0 Å². The van der Waals surface area contributed by atoms with E-state index in [1.807, 2.05) is 6.08 Å². The molecule has 0 aromatic carbocycles. The molecule has 56 valence electrons. The minimum Gasteiger partial charge on any atom is -0.379 e. The summed E-state index contributed by atoms with van der Waals surface area (Å²) >= 11 is 5.13. The van der Waals surface area contributed by atoms with E-state index in [0.717, 1.165) is 11.5 Å². The van der Waals surface area contributed by atoms with Crippen LogP contribution in [-0.2, 0) is 0 Å². The Bertz CT molecular complexity index is 142. The van der Waals surface area contributed by atoms with Crippen LogP contribution in [0.25, 0.3) is 0 Å². The van der Waals surface area contributed by atoms with Crippen molar-refractivity contribution >= 4 is 17.2 Å². The second-order valence-electron chi connectivity index (χ2n) is 2.63. The van der Waals surface area contributed by atoms with Gasteiger partial charge in [-0.3, -0.25) is 0 Å². The van der Waals surface area contributed by atoms with E-state index in [4.69, 9.17) is 12.2 Å². The molecule has 1 unspecified atom stereocenters. The fraction of sp³-hybridized carbons (Fsp3) is 0.625. The molecule has 0 saturated carbocycles. The quantitative estimate of drug-likeness (QED) is 0.458. The van der Waals surface area contributed by atoms with Crippen LogP contribution in [-0.4, -0.2) is 11.5 Å². The smallest absolute Gasteiger partial charge is 0.0822 e. The molecule has 10 heavy (non-hydrogen) atoms. The molecule has 0 spiro atoms. The molecular formula is C8H13NS. The van der Waals surface area contributed by atoms with Gasteiger partial charge >= 0.3 is 0 Å². The molecule has 1 rings (SSSR count). The van der Waals surface area contributed by atoms with E-state index in [-0.39, 0.29) is 0 Å². The molecule has 1 aliphatic heterocycles. The van der Waals surface area contributed by atoms with Gasteiger partial charge in [-0.1, -0.05) is 24.7 Å². The minimum atomic E-state index is 0.428. The zero-order valence-electron chi connectivity index (χ0n) is 6.10. The van der Waals surface area contributed by atoms with Crippen molar-refractivity contribution < 1.29 is 0 Å². The Hall–Kier alpha value is -0.370. The number of rotatable bonds is 1. The number of nitrogens with one attached hydrogen (secondary N) is 1. The van der Waals surface area contributed by atoms with Gasteiger partial charge in [0.1, 0.15) is 0 Å². The average molecular weight is 155 g/mol. The lowest BCUT2D eigenvalue weighted by molar-refractivity contribution is 0.676. The molecule has 1 aliphatic rings. The summed E-state index contributed by atoms with van der Waals surface area (Å²) in [6.45, 7) is 4.79. The molecule has 0 aliphatic carbocycles. The Morgan fingerprint density at radius 1 is 1.60 bits per heavy atom. The Kier molecular flexibility index (Phi) is 2.87. The first kappa shape index (κ1) is 7.73. The van der Waals surface area contributed by atoms with Crippen LogP contribution in [0.3, 0.4) is 0 Å². The van der Waals surface area contributed by atoms with Gasteiger partial charge in [-0.15, -0.1) is 6.58 Å². The van der Waals surface area contributed by atoms with E-state index in [0.29, 0.717) is 5.92 Å². The standard InChI is InChI=1S/C8H13NS/c1-2-7-5-3-4-6-9-8(7)10/h2,7H,1,3-6H2,(H,9,10). The first-order valence-corrected chi connectivity index (χ1v) is 4.15. The lowest BCUT2D eigenvalue weighted by Crippen LogP contribution is -2.25. The highest BCUT2D eigenvalue weighted by atomic mass is 32.1. The summed E-state index contributed by atoms with van der Waals surface area (Å²) in [5.74, 6) is 0.428. The maximum atomic E-state index is 5.13. The van der Waals surface area contributed by atoms with Gasteiger partial charge in [-0.25, -0.2) is 0 Å². The van der Waals surface area contributed by atoms with E-state index >= 15 is 0 Å². The first-order valence-electron chi connectivity index (χ1n) is 3.75. The SMILES string of the molecule is C=CC1CCCCNC1=S. The molecule has 1 saturated heterocycles. The Balaban J connectivity index is 2.51. The molecule has 1 atom stereocenters. The van der Waals surface area contributed by atoms with Gasteiger partial charge in [0.05, 0.1) is 4.99 Å². The van der Waals surface area contributed by atoms with Crippen molar-refractivity contribution in [2.45, 2.75) is 19.3 Å². The Labute approximate surface area is 67.5 Å². The second kappa shape index (κ2) is 3.71. The van der Waals surface area contributed by atoms with Crippen LogP contribution in [0.15, 0.2) is 12.7 Å². The predicted octanol–water partition coefficient (Wildman–Crippen LogP) is 1.89. The molecule has 0 aromatic rings. The van der Waals surface area contributed by atoms with Crippen molar-refractivity contribution in [1.29, 1.82) is 0 Å². The van der Waals surface area contributed by atoms with Crippen LogP contribution in [0.5, 0.6) is 0 Å². The van der Waals surface area contributed by atoms with Gasteiger partial charge in [0.25, 0.3) is 0 Å². The van der Waals surface area contributed by atoms with Crippen LogP contribution < -0.4 is 5.32 Å². The van der Waals surface area contributed by atoms with Crippen molar-refractivity contribution in [2.75, 3.05) is 6.54 Å². The highest BCUT2D eigenvalue weighted by molar-refractivity contribution is 7.80. The van der Waals surface area contributed by atoms with E-state index in [2.05, 4.69) is 11.9 Å². The molecule has 0 bridgehead atoms. The normalized spacial score (nSPS) is 26.8. The predicted molar refractivity (Wildman–Crippen MR) is 48.1 cm³/mol. The monoisotopic (exact) mass is 155 g/mol. The van der Waals surface area contributed by atoms with Crippen LogP contribution in [0, 0.1) is 5.92 Å². The zero-order valence-corrected chi connectivity index (χ0v) is 6.91. The summed E-state index contributed by atoms with van der Waals surface area (Å²) in [6.07, 6.45) is 5.63. The zero-order chi connectivity index (χ0) is 7.40. The summed E-state index contributed by atoms with van der Waals surface area (Å²) < 4.78 is 0. The summed E-state index contributed by atoms with van der Waals surface area (Å²) in [4.78, 5) is 0.979. The lowest BCUT2D eigenvalue weighted by atomic mass is 10.0. The van der Waals surface area contributed by atoms with Gasteiger partial charge in [0, 0.05) is 12.5 Å². The third-order valence-electron chi connectivity index (χ3n) is 1.86. The maximum Gasteiger partial charge on any atom is 0.0822 e. The molecule has 1 fully saturated rings. The minimum absolute atomic E-state index is 0.428. The maximum absolute atomic E-state index is 5.13. The van der Waals surface area contributed by atoms with E-state index in [1.54, 1.807) is 0 Å². The molecule has 1 N–H and O–H groups in total. The average Bonchev–Trinajstić information content (AvgIpc) is 2.13. The van der Waals surface area contributed by atoms with Gasteiger partial charge in [0.2, 0.25) is 0 Å². The fourth-order valence-electron chi connectivity index (χ4n) is 1.19. The second-order valence-corrected chi connectivity index (χ2v) is 3.07. The van der Waals surface area contributed by atoms with Crippen LogP contribution in [0.2, 0.25) is 0 Å². The van der Waals surface area contributed by atoms with Gasteiger partial charge in [-0.2, -0.15) is 0 Å². The molecule has 0 aromatic heterocycles. The van der Waals surface area contributed by atoms with E-state index < -0.39 is 0 Å². The van der Waals surface area contributed by atoms with Crippen molar-refractivity contribution in [2.24, 2.45) is 5.92 Å². The van der Waals surface area contributed by atoms with E-state index in [1.165, 1.54) is 19.3 Å². The Morgan fingerprint density at radius 2 is 2.40 bits per heavy atom. The lowest BCUT2D eigenvalue weighted by Gasteiger charge is -2.09. The summed E-state index contributed by atoms with van der Waals surface area (Å²) in [7, 11) is 0. The summed E-state index contributed by atoms with van der Waals surface area (Å²) in [6, 6.07) is 0. The number of thiocarbonyl (C=S) groups is 1. The van der Waals surface area contributed by atoms with Crippen LogP contribution in [0.1, 0.15) is 19.3 Å². The van der Waals surface area contributed by atoms with Crippen molar-refractivity contribution in [1.82, 2.24) is 5.32 Å². The third-order valence-corrected chi connectivity index (χ3v) is 2.31. The third kappa shape index (κ3) is 1.81. The summed E-state index contributed by atoms with van der Waals surface area (Å²) in [5, 5.41) is 3.21. The first-order chi connectivity index (χ1) is 4.84. The molecule has 0 amide bonds. The number of hydrogen-bond donors (Lipinski definition) is 1. The van der Waals surface area contributed by atoms with Crippen LogP contribution >= 0.6 is 12.2 Å². The van der Waals surface area contributed by atoms with Crippen molar-refractivity contribution in [3.05, 3.63) is 12.7 Å². The van der Waals surface area contributed by atoms with E-state index in [9.17, 15) is 0 Å². The topological polar surface area (TPSA) is 12.0 Å². The highest BCUT2D eigenvalue weighted by Crippen LogP contribution is 2.13. The van der Waals surface area contributed by atoms with Crippen molar-refractivity contribution in [3.63, 3.8) is 0 Å². The largest absolute Gasteiger partial charge is 0.379 e. The fourth-order valence-corrected chi connectivity index (χ4v) is 1.50. The number of hydrogen-bond acceptors (Lipinski definition) is 1.